The molecule has 1 fully saturated rings. The van der Waals surface area contributed by atoms with Crippen molar-refractivity contribution in [2.24, 2.45) is 0 Å². The first kappa shape index (κ1) is 24.7. The largest absolute Gasteiger partial charge is 0.493 e. The number of nitrogens with one attached hydrogen (secondary N) is 1. The summed E-state index contributed by atoms with van der Waals surface area (Å²) >= 11 is 0. The molecule has 0 aliphatic carbocycles. The summed E-state index contributed by atoms with van der Waals surface area (Å²) in [6.45, 7) is 2.96. The van der Waals surface area contributed by atoms with Crippen molar-refractivity contribution in [3.8, 4) is 17.5 Å². The van der Waals surface area contributed by atoms with Crippen molar-refractivity contribution >= 4 is 39.5 Å². The van der Waals surface area contributed by atoms with Gasteiger partial charge in [-0.15, -0.1) is 0 Å². The molecule has 3 aromatic carbocycles. The van der Waals surface area contributed by atoms with Gasteiger partial charge in [0.1, 0.15) is 11.2 Å². The minimum absolute atomic E-state index is 0.241. The third kappa shape index (κ3) is 5.23. The topological polar surface area (TPSA) is 104 Å². The molecule has 3 heterocycles. The molecule has 0 spiro atoms. The summed E-state index contributed by atoms with van der Waals surface area (Å²) in [5, 5.41) is 5.40. The van der Waals surface area contributed by atoms with Crippen LogP contribution in [0.5, 0.6) is 17.5 Å². The Morgan fingerprint density at radius 2 is 1.72 bits per heavy atom. The lowest BCUT2D eigenvalue weighted by Crippen LogP contribution is -2.37. The highest BCUT2D eigenvalue weighted by Gasteiger charge is 2.18. The average molecular weight is 528 g/mol. The van der Waals surface area contributed by atoms with Crippen LogP contribution in [0.15, 0.2) is 65.1 Å². The smallest absolute Gasteiger partial charge is 0.323 e. The van der Waals surface area contributed by atoms with E-state index in [1.165, 1.54) is 0 Å². The molecule has 10 nitrogen and oxygen atoms in total. The lowest BCUT2D eigenvalue weighted by Gasteiger charge is -2.27. The van der Waals surface area contributed by atoms with Crippen molar-refractivity contribution in [2.75, 3.05) is 57.3 Å². The summed E-state index contributed by atoms with van der Waals surface area (Å²) in [6.07, 6.45) is 0.589. The maximum Gasteiger partial charge on any atom is 0.323 e. The summed E-state index contributed by atoms with van der Waals surface area (Å²) in [6, 6.07) is 19.9. The minimum Gasteiger partial charge on any atom is -0.493 e. The zero-order chi connectivity index (χ0) is 26.6. The van der Waals surface area contributed by atoms with Gasteiger partial charge >= 0.3 is 6.01 Å². The van der Waals surface area contributed by atoms with Crippen LogP contribution in [0.2, 0.25) is 0 Å². The predicted molar refractivity (Wildman–Crippen MR) is 149 cm³/mol. The van der Waals surface area contributed by atoms with Crippen LogP contribution >= 0.6 is 0 Å². The monoisotopic (exact) mass is 527 g/mol. The molecule has 39 heavy (non-hydrogen) atoms. The lowest BCUT2D eigenvalue weighted by atomic mass is 10.1. The number of methoxy groups -OCH3 is 2. The van der Waals surface area contributed by atoms with Crippen LogP contribution in [0.4, 0.5) is 17.6 Å². The molecule has 0 amide bonds. The Hall–Kier alpha value is -4.57. The summed E-state index contributed by atoms with van der Waals surface area (Å²) in [4.78, 5) is 15.9. The second kappa shape index (κ2) is 11.0. The van der Waals surface area contributed by atoms with Gasteiger partial charge in [0.15, 0.2) is 11.5 Å². The number of ether oxygens (including phenoxy) is 4. The number of morpholine rings is 1. The highest BCUT2D eigenvalue weighted by molar-refractivity contribution is 6.06. The van der Waals surface area contributed by atoms with Crippen LogP contribution in [-0.2, 0) is 11.2 Å². The molecule has 0 saturated carbocycles. The van der Waals surface area contributed by atoms with Crippen molar-refractivity contribution in [1.29, 1.82) is 0 Å². The van der Waals surface area contributed by atoms with Crippen molar-refractivity contribution in [3.05, 3.63) is 66.2 Å². The molecule has 0 radical (unpaired) electrons. The van der Waals surface area contributed by atoms with E-state index in [1.54, 1.807) is 14.2 Å². The van der Waals surface area contributed by atoms with Crippen LogP contribution in [0, 0.1) is 0 Å². The quantitative estimate of drug-likeness (QED) is 0.282. The van der Waals surface area contributed by atoms with E-state index in [-0.39, 0.29) is 6.01 Å². The van der Waals surface area contributed by atoms with E-state index in [9.17, 15) is 0 Å². The van der Waals surface area contributed by atoms with Gasteiger partial charge in [0, 0.05) is 41.5 Å². The van der Waals surface area contributed by atoms with Gasteiger partial charge in [-0.25, -0.2) is 0 Å². The molecule has 1 saturated heterocycles. The summed E-state index contributed by atoms with van der Waals surface area (Å²) in [5.74, 6) is 2.31. The number of benzene rings is 3. The predicted octanol–water partition coefficient (Wildman–Crippen LogP) is 4.99. The third-order valence-electron chi connectivity index (χ3n) is 6.62. The maximum absolute atomic E-state index is 6.04. The number of anilines is 3. The maximum atomic E-state index is 6.04. The van der Waals surface area contributed by atoms with Crippen molar-refractivity contribution in [2.45, 2.75) is 6.42 Å². The summed E-state index contributed by atoms with van der Waals surface area (Å²) in [7, 11) is 3.25. The standard InChI is InChI=1S/C29H29N5O5/c1-35-25-9-5-6-19(26(25)36-2)12-15-38-29-32-27(31-28(33-29)34-13-16-37-17-14-34)30-20-10-11-24-22(18-20)21-7-3-4-8-23(21)39-24/h3-11,18H,12-17H2,1-2H3,(H,30,31,32,33). The first-order valence-corrected chi connectivity index (χ1v) is 12.8. The molecule has 10 heteroatoms. The van der Waals surface area contributed by atoms with Gasteiger partial charge in [0.05, 0.1) is 34.0 Å². The normalized spacial score (nSPS) is 13.5. The number of nitrogens with zero attached hydrogens (tertiary/aromatic N) is 4. The second-order valence-electron chi connectivity index (χ2n) is 9.03. The van der Waals surface area contributed by atoms with Crippen LogP contribution in [0.25, 0.3) is 21.9 Å². The van der Waals surface area contributed by atoms with Gasteiger partial charge in [0.2, 0.25) is 11.9 Å². The van der Waals surface area contributed by atoms with E-state index in [4.69, 9.17) is 28.3 Å². The molecular formula is C29H29N5O5. The molecule has 0 unspecified atom stereocenters. The van der Waals surface area contributed by atoms with E-state index in [0.29, 0.717) is 62.7 Å². The van der Waals surface area contributed by atoms with E-state index < -0.39 is 0 Å². The molecule has 0 atom stereocenters. The second-order valence-corrected chi connectivity index (χ2v) is 9.03. The molecule has 0 bridgehead atoms. The molecular weight excluding hydrogens is 498 g/mol. The van der Waals surface area contributed by atoms with Crippen LogP contribution in [-0.4, -0.2) is 62.1 Å². The summed E-state index contributed by atoms with van der Waals surface area (Å²) < 4.78 is 28.5. The van der Waals surface area contributed by atoms with Crippen molar-refractivity contribution < 1.29 is 23.4 Å². The van der Waals surface area contributed by atoms with E-state index in [1.807, 2.05) is 60.7 Å². The summed E-state index contributed by atoms with van der Waals surface area (Å²) in [5.41, 5.74) is 3.48. The first-order valence-electron chi connectivity index (χ1n) is 12.8. The van der Waals surface area contributed by atoms with Gasteiger partial charge in [-0.1, -0.05) is 30.3 Å². The van der Waals surface area contributed by atoms with Gasteiger partial charge in [0.25, 0.3) is 0 Å². The molecule has 1 N–H and O–H groups in total. The number of para-hydroxylation sites is 2. The van der Waals surface area contributed by atoms with Crippen LogP contribution in [0.3, 0.4) is 0 Å². The zero-order valence-electron chi connectivity index (χ0n) is 21.8. The Balaban J connectivity index is 1.26. The average Bonchev–Trinajstić information content (AvgIpc) is 3.35. The molecule has 5 aromatic rings. The first-order chi connectivity index (χ1) is 19.2. The fourth-order valence-corrected chi connectivity index (χ4v) is 4.71. The van der Waals surface area contributed by atoms with Crippen molar-refractivity contribution in [1.82, 2.24) is 15.0 Å². The molecule has 2 aromatic heterocycles. The van der Waals surface area contributed by atoms with E-state index in [2.05, 4.69) is 20.2 Å². The SMILES string of the molecule is COc1cccc(CCOc2nc(Nc3ccc4oc5ccccc5c4c3)nc(N3CCOCC3)n2)c1OC. The van der Waals surface area contributed by atoms with Gasteiger partial charge < -0.3 is 33.6 Å². The highest BCUT2D eigenvalue weighted by atomic mass is 16.5. The molecule has 6 rings (SSSR count). The van der Waals surface area contributed by atoms with E-state index >= 15 is 0 Å². The fraction of sp³-hybridized carbons (Fsp3) is 0.276. The molecule has 200 valence electrons. The Morgan fingerprint density at radius 1 is 0.872 bits per heavy atom. The fourth-order valence-electron chi connectivity index (χ4n) is 4.71. The van der Waals surface area contributed by atoms with Gasteiger partial charge in [-0.3, -0.25) is 0 Å². The Bertz CT molecular complexity index is 1600. The number of aromatic nitrogens is 3. The lowest BCUT2D eigenvalue weighted by molar-refractivity contribution is 0.122. The number of hydrogen-bond acceptors (Lipinski definition) is 10. The van der Waals surface area contributed by atoms with Gasteiger partial charge in [-0.2, -0.15) is 15.0 Å². The van der Waals surface area contributed by atoms with Crippen LogP contribution < -0.4 is 24.4 Å². The molecule has 1 aliphatic heterocycles. The highest BCUT2D eigenvalue weighted by Crippen LogP contribution is 2.32. The molecule has 1 aliphatic rings. The zero-order valence-corrected chi connectivity index (χ0v) is 21.8. The van der Waals surface area contributed by atoms with Crippen molar-refractivity contribution in [3.63, 3.8) is 0 Å². The number of hydrogen-bond donors (Lipinski definition) is 1. The third-order valence-corrected chi connectivity index (χ3v) is 6.62. The number of fused-ring (bicyclic) bond motifs is 3. The van der Waals surface area contributed by atoms with E-state index in [0.717, 1.165) is 33.2 Å². The Morgan fingerprint density at radius 3 is 2.56 bits per heavy atom. The van der Waals surface area contributed by atoms with Gasteiger partial charge in [-0.05, 0) is 30.3 Å². The Labute approximate surface area is 225 Å². The minimum atomic E-state index is 0.241. The number of rotatable bonds is 9. The Kier molecular flexibility index (Phi) is 7.01. The van der Waals surface area contributed by atoms with Crippen LogP contribution in [0.1, 0.15) is 5.56 Å². The number of furan rings is 1.